The summed E-state index contributed by atoms with van der Waals surface area (Å²) in [4.78, 5) is 0. The van der Waals surface area contributed by atoms with Gasteiger partial charge in [0.2, 0.25) is 0 Å². The van der Waals surface area contributed by atoms with Gasteiger partial charge in [-0.15, -0.1) is 0 Å². The summed E-state index contributed by atoms with van der Waals surface area (Å²) in [5, 5.41) is 6.51. The van der Waals surface area contributed by atoms with E-state index in [9.17, 15) is 0 Å². The molecule has 0 aliphatic heterocycles. The quantitative estimate of drug-likeness (QED) is 0.566. The van der Waals surface area contributed by atoms with Crippen LogP contribution in [0.5, 0.6) is 0 Å². The van der Waals surface area contributed by atoms with Gasteiger partial charge in [-0.1, -0.05) is 78.9 Å². The Hall–Kier alpha value is -1.72. The lowest BCUT2D eigenvalue weighted by molar-refractivity contribution is 0.586. The van der Waals surface area contributed by atoms with Crippen molar-refractivity contribution < 1.29 is 0 Å². The smallest absolute Gasteiger partial charge is 0.102 e. The molecule has 0 saturated carbocycles. The fourth-order valence-electron chi connectivity index (χ4n) is 2.50. The van der Waals surface area contributed by atoms with Gasteiger partial charge in [0, 0.05) is 17.0 Å². The summed E-state index contributed by atoms with van der Waals surface area (Å²) in [6.45, 7) is 4.56. The van der Waals surface area contributed by atoms with Gasteiger partial charge in [-0.3, -0.25) is 0 Å². The zero-order valence-electron chi connectivity index (χ0n) is 14.6. The van der Waals surface area contributed by atoms with E-state index in [1.165, 1.54) is 16.3 Å². The summed E-state index contributed by atoms with van der Waals surface area (Å²) in [5.41, 5.74) is 1.17. The lowest BCUT2D eigenvalue weighted by Gasteiger charge is -2.35. The van der Waals surface area contributed by atoms with Gasteiger partial charge >= 0.3 is 0 Å². The summed E-state index contributed by atoms with van der Waals surface area (Å²) in [7, 11) is -0.0298. The molecule has 0 saturated heterocycles. The molecule has 3 aromatic carbocycles. The number of hydrogen-bond acceptors (Lipinski definition) is 2. The van der Waals surface area contributed by atoms with Gasteiger partial charge in [0.1, 0.15) is 8.22 Å². The van der Waals surface area contributed by atoms with Crippen LogP contribution in [0.4, 0.5) is 5.69 Å². The van der Waals surface area contributed by atoms with Crippen LogP contribution in [-0.2, 0) is 0 Å². The molecule has 0 aliphatic rings. The minimum atomic E-state index is -0.663. The minimum Gasteiger partial charge on any atom is -0.348 e. The summed E-state index contributed by atoms with van der Waals surface area (Å²) in [5.74, 6) is 0. The molecule has 0 amide bonds. The molecule has 3 rings (SSSR count). The molecule has 0 bridgehead atoms. The van der Waals surface area contributed by atoms with Crippen molar-refractivity contribution in [2.75, 3.05) is 5.09 Å². The van der Waals surface area contributed by atoms with Gasteiger partial charge in [0.05, 0.1) is 0 Å². The molecule has 0 spiro atoms. The normalized spacial score (nSPS) is 12.8. The van der Waals surface area contributed by atoms with E-state index in [4.69, 9.17) is 0 Å². The fraction of sp³-hybridized carbons (Fsp3) is 0.143. The first-order valence-corrected chi connectivity index (χ1v) is 10.8. The second-order valence-electron chi connectivity index (χ2n) is 6.04. The second-order valence-corrected chi connectivity index (χ2v) is 9.50. The molecular formula is C21H24N2P2. The Kier molecular flexibility index (Phi) is 6.59. The average Bonchev–Trinajstić information content (AvgIpc) is 2.67. The summed E-state index contributed by atoms with van der Waals surface area (Å²) < 4.78 is 2.59. The van der Waals surface area contributed by atoms with Gasteiger partial charge in [-0.2, -0.15) is 0 Å². The van der Waals surface area contributed by atoms with Crippen molar-refractivity contribution in [1.82, 2.24) is 4.44 Å². The third-order valence-corrected chi connectivity index (χ3v) is 8.12. The minimum absolute atomic E-state index is 0.445. The van der Waals surface area contributed by atoms with Gasteiger partial charge in [0.25, 0.3) is 0 Å². The van der Waals surface area contributed by atoms with Crippen molar-refractivity contribution in [3.8, 4) is 0 Å². The first-order chi connectivity index (χ1) is 12.2. The maximum Gasteiger partial charge on any atom is 0.102 e. The zero-order valence-corrected chi connectivity index (χ0v) is 16.5. The number of benzene rings is 3. The van der Waals surface area contributed by atoms with E-state index in [0.717, 1.165) is 0 Å². The molecule has 2 atom stereocenters. The molecule has 2 nitrogen and oxygen atoms in total. The van der Waals surface area contributed by atoms with Crippen LogP contribution in [0, 0.1) is 0 Å². The monoisotopic (exact) mass is 366 g/mol. The number of hydrogen-bond donors (Lipinski definition) is 1. The van der Waals surface area contributed by atoms with E-state index in [1.807, 2.05) is 0 Å². The molecule has 128 valence electrons. The van der Waals surface area contributed by atoms with E-state index in [0.29, 0.717) is 14.8 Å². The maximum atomic E-state index is 3.79. The molecule has 0 fully saturated rings. The van der Waals surface area contributed by atoms with Crippen LogP contribution in [0.25, 0.3) is 0 Å². The Balaban J connectivity index is 1.92. The summed E-state index contributed by atoms with van der Waals surface area (Å²) in [6.07, 6.45) is 0. The Morgan fingerprint density at radius 1 is 0.760 bits per heavy atom. The van der Waals surface area contributed by atoms with Crippen LogP contribution in [0.1, 0.15) is 13.8 Å². The van der Waals surface area contributed by atoms with E-state index in [1.54, 1.807) is 0 Å². The highest BCUT2D eigenvalue weighted by Crippen LogP contribution is 2.48. The van der Waals surface area contributed by atoms with Crippen molar-refractivity contribution >= 4 is 33.3 Å². The second kappa shape index (κ2) is 9.11. The maximum absolute atomic E-state index is 3.79. The molecule has 25 heavy (non-hydrogen) atoms. The van der Waals surface area contributed by atoms with Crippen LogP contribution in [0.2, 0.25) is 0 Å². The largest absolute Gasteiger partial charge is 0.348 e. The number of rotatable bonds is 7. The number of para-hydroxylation sites is 1. The summed E-state index contributed by atoms with van der Waals surface area (Å²) >= 11 is 0. The third kappa shape index (κ3) is 5.13. The van der Waals surface area contributed by atoms with Crippen molar-refractivity contribution in [1.29, 1.82) is 0 Å². The molecular weight excluding hydrogens is 342 g/mol. The molecule has 0 aliphatic carbocycles. The standard InChI is InChI=1S/C21H24N2P2/c1-18(2)23(24-20-14-8-4-9-15-20)25(21-16-10-5-11-17-21)22-19-12-6-3-7-13-19/h3-18,22,24H,1-2H3. The number of nitrogens with zero attached hydrogens (tertiary/aromatic N) is 1. The predicted molar refractivity (Wildman–Crippen MR) is 114 cm³/mol. The van der Waals surface area contributed by atoms with Crippen molar-refractivity contribution in [2.24, 2.45) is 0 Å². The lowest BCUT2D eigenvalue weighted by atomic mass is 10.3. The van der Waals surface area contributed by atoms with E-state index >= 15 is 0 Å². The highest BCUT2D eigenvalue weighted by atomic mass is 31.2. The number of nitrogens with one attached hydrogen (secondary N) is 1. The van der Waals surface area contributed by atoms with Gasteiger partial charge in [0.15, 0.2) is 0 Å². The van der Waals surface area contributed by atoms with Crippen LogP contribution in [0.3, 0.4) is 0 Å². The molecule has 0 heterocycles. The first kappa shape index (κ1) is 18.1. The zero-order chi connectivity index (χ0) is 17.5. The Morgan fingerprint density at radius 3 is 1.84 bits per heavy atom. The fourth-order valence-corrected chi connectivity index (χ4v) is 6.40. The molecule has 2 unspecified atom stereocenters. The Morgan fingerprint density at radius 2 is 1.28 bits per heavy atom. The average molecular weight is 366 g/mol. The van der Waals surface area contributed by atoms with Gasteiger partial charge in [-0.05, 0) is 40.0 Å². The SMILES string of the molecule is CC(C)N(Pc1ccccc1)P(Nc1ccccc1)c1ccccc1. The van der Waals surface area contributed by atoms with Crippen LogP contribution < -0.4 is 15.7 Å². The number of anilines is 1. The van der Waals surface area contributed by atoms with Gasteiger partial charge < -0.3 is 5.09 Å². The van der Waals surface area contributed by atoms with Crippen molar-refractivity contribution in [3.63, 3.8) is 0 Å². The lowest BCUT2D eigenvalue weighted by Crippen LogP contribution is -2.27. The van der Waals surface area contributed by atoms with E-state index in [-0.39, 0.29) is 0 Å². The molecule has 3 aromatic rings. The van der Waals surface area contributed by atoms with Crippen molar-refractivity contribution in [3.05, 3.63) is 91.0 Å². The Bertz CT molecular complexity index is 749. The topological polar surface area (TPSA) is 15.3 Å². The van der Waals surface area contributed by atoms with Crippen LogP contribution in [-0.4, -0.2) is 10.5 Å². The molecule has 0 aromatic heterocycles. The van der Waals surface area contributed by atoms with Crippen molar-refractivity contribution in [2.45, 2.75) is 19.9 Å². The van der Waals surface area contributed by atoms with Gasteiger partial charge in [-0.25, -0.2) is 4.44 Å². The predicted octanol–water partition coefficient (Wildman–Crippen LogP) is 5.37. The molecule has 4 heteroatoms. The summed E-state index contributed by atoms with van der Waals surface area (Å²) in [6, 6.07) is 32.5. The first-order valence-electron chi connectivity index (χ1n) is 8.52. The van der Waals surface area contributed by atoms with Crippen LogP contribution in [0.15, 0.2) is 91.0 Å². The highest BCUT2D eigenvalue weighted by Gasteiger charge is 2.23. The van der Waals surface area contributed by atoms with E-state index < -0.39 is 8.22 Å². The third-order valence-electron chi connectivity index (χ3n) is 3.73. The van der Waals surface area contributed by atoms with Crippen LogP contribution >= 0.6 is 17.0 Å². The Labute approximate surface area is 154 Å². The highest BCUT2D eigenvalue weighted by molar-refractivity contribution is 7.72. The molecule has 1 N–H and O–H groups in total. The van der Waals surface area contributed by atoms with E-state index in [2.05, 4.69) is 114 Å². The molecule has 0 radical (unpaired) electrons.